The number of pyridine rings is 1. The van der Waals surface area contributed by atoms with Gasteiger partial charge in [0.1, 0.15) is 0 Å². The van der Waals surface area contributed by atoms with E-state index in [0.717, 1.165) is 36.6 Å². The molecule has 2 atom stereocenters. The molecule has 0 amide bonds. The quantitative estimate of drug-likeness (QED) is 0.877. The SMILES string of the molecule is CNC1CCOCC1Cc1ccncc1Cl. The first-order valence-corrected chi connectivity index (χ1v) is 6.02. The van der Waals surface area contributed by atoms with Crippen molar-refractivity contribution >= 4 is 11.6 Å². The Hall–Kier alpha value is -0.640. The van der Waals surface area contributed by atoms with Gasteiger partial charge in [0, 0.05) is 31.0 Å². The Bertz CT molecular complexity index is 346. The smallest absolute Gasteiger partial charge is 0.0621 e. The van der Waals surface area contributed by atoms with Gasteiger partial charge in [-0.25, -0.2) is 0 Å². The summed E-state index contributed by atoms with van der Waals surface area (Å²) in [7, 11) is 2.01. The average Bonchev–Trinajstić information content (AvgIpc) is 2.33. The van der Waals surface area contributed by atoms with E-state index < -0.39 is 0 Å². The number of nitrogens with zero attached hydrogens (tertiary/aromatic N) is 1. The van der Waals surface area contributed by atoms with Gasteiger partial charge in [0.05, 0.1) is 11.6 Å². The van der Waals surface area contributed by atoms with Crippen LogP contribution in [0.2, 0.25) is 5.02 Å². The fourth-order valence-corrected chi connectivity index (χ4v) is 2.43. The Balaban J connectivity index is 2.05. The Morgan fingerprint density at radius 2 is 2.50 bits per heavy atom. The second kappa shape index (κ2) is 5.62. The van der Waals surface area contributed by atoms with Crippen molar-refractivity contribution in [3.8, 4) is 0 Å². The van der Waals surface area contributed by atoms with E-state index in [1.165, 1.54) is 0 Å². The van der Waals surface area contributed by atoms with Crippen LogP contribution in [0.25, 0.3) is 0 Å². The van der Waals surface area contributed by atoms with Gasteiger partial charge in [0.15, 0.2) is 0 Å². The lowest BCUT2D eigenvalue weighted by Gasteiger charge is -2.31. The molecule has 0 aliphatic carbocycles. The lowest BCUT2D eigenvalue weighted by molar-refractivity contribution is 0.0342. The van der Waals surface area contributed by atoms with E-state index in [2.05, 4.69) is 10.3 Å². The van der Waals surface area contributed by atoms with E-state index >= 15 is 0 Å². The second-order valence-corrected chi connectivity index (χ2v) is 4.60. The van der Waals surface area contributed by atoms with Gasteiger partial charge in [-0.15, -0.1) is 0 Å². The van der Waals surface area contributed by atoms with Gasteiger partial charge in [-0.2, -0.15) is 0 Å². The van der Waals surface area contributed by atoms with Crippen LogP contribution >= 0.6 is 11.6 Å². The zero-order valence-electron chi connectivity index (χ0n) is 9.45. The molecule has 0 aromatic carbocycles. The summed E-state index contributed by atoms with van der Waals surface area (Å²) in [5.74, 6) is 0.499. The highest BCUT2D eigenvalue weighted by Crippen LogP contribution is 2.23. The molecule has 1 fully saturated rings. The lowest BCUT2D eigenvalue weighted by Crippen LogP contribution is -2.41. The fraction of sp³-hybridized carbons (Fsp3) is 0.583. The summed E-state index contributed by atoms with van der Waals surface area (Å²) in [5, 5.41) is 4.11. The van der Waals surface area contributed by atoms with Gasteiger partial charge in [0.25, 0.3) is 0 Å². The predicted octanol–water partition coefficient (Wildman–Crippen LogP) is 1.90. The summed E-state index contributed by atoms with van der Waals surface area (Å²) in [6, 6.07) is 2.52. The van der Waals surface area contributed by atoms with E-state index in [1.807, 2.05) is 13.1 Å². The molecule has 1 aliphatic rings. The zero-order chi connectivity index (χ0) is 11.4. The summed E-state index contributed by atoms with van der Waals surface area (Å²) in [4.78, 5) is 4.00. The highest BCUT2D eigenvalue weighted by atomic mass is 35.5. The normalized spacial score (nSPS) is 25.6. The topological polar surface area (TPSA) is 34.1 Å². The molecule has 2 unspecified atom stereocenters. The van der Waals surface area contributed by atoms with Crippen molar-refractivity contribution in [3.63, 3.8) is 0 Å². The maximum Gasteiger partial charge on any atom is 0.0621 e. The molecule has 2 heterocycles. The van der Waals surface area contributed by atoms with Crippen LogP contribution in [0, 0.1) is 5.92 Å². The number of aromatic nitrogens is 1. The minimum absolute atomic E-state index is 0.499. The highest BCUT2D eigenvalue weighted by Gasteiger charge is 2.25. The molecule has 0 spiro atoms. The predicted molar refractivity (Wildman–Crippen MR) is 64.7 cm³/mol. The molecular weight excluding hydrogens is 224 g/mol. The van der Waals surface area contributed by atoms with Crippen LogP contribution in [0.3, 0.4) is 0 Å². The summed E-state index contributed by atoms with van der Waals surface area (Å²) in [6.45, 7) is 1.66. The number of nitrogens with one attached hydrogen (secondary N) is 1. The van der Waals surface area contributed by atoms with Crippen molar-refractivity contribution in [2.24, 2.45) is 5.92 Å². The van der Waals surface area contributed by atoms with Crippen molar-refractivity contribution in [1.82, 2.24) is 10.3 Å². The molecule has 4 heteroatoms. The number of ether oxygens (including phenoxy) is 1. The molecule has 1 aromatic heterocycles. The van der Waals surface area contributed by atoms with Crippen LogP contribution in [-0.2, 0) is 11.2 Å². The maximum absolute atomic E-state index is 6.11. The number of halogens is 1. The van der Waals surface area contributed by atoms with Crippen LogP contribution in [0.5, 0.6) is 0 Å². The van der Waals surface area contributed by atoms with Gasteiger partial charge in [-0.3, -0.25) is 4.98 Å². The average molecular weight is 241 g/mol. The summed E-state index contributed by atoms with van der Waals surface area (Å²) in [5.41, 5.74) is 1.16. The molecule has 1 N–H and O–H groups in total. The minimum Gasteiger partial charge on any atom is -0.381 e. The molecule has 1 aliphatic heterocycles. The fourth-order valence-electron chi connectivity index (χ4n) is 2.23. The molecule has 1 aromatic rings. The first-order valence-electron chi connectivity index (χ1n) is 5.64. The van der Waals surface area contributed by atoms with Crippen molar-refractivity contribution < 1.29 is 4.74 Å². The van der Waals surface area contributed by atoms with E-state index in [0.29, 0.717) is 12.0 Å². The highest BCUT2D eigenvalue weighted by molar-refractivity contribution is 6.31. The van der Waals surface area contributed by atoms with Gasteiger partial charge in [-0.05, 0) is 31.5 Å². The third-order valence-corrected chi connectivity index (χ3v) is 3.52. The van der Waals surface area contributed by atoms with Crippen LogP contribution in [0.4, 0.5) is 0 Å². The maximum atomic E-state index is 6.11. The molecule has 0 saturated carbocycles. The van der Waals surface area contributed by atoms with Crippen LogP contribution in [-0.4, -0.2) is 31.3 Å². The standard InChI is InChI=1S/C12H17ClN2O/c1-14-12-3-5-16-8-10(12)6-9-2-4-15-7-11(9)13/h2,4,7,10,12,14H,3,5-6,8H2,1H3. The molecule has 88 valence electrons. The number of hydrogen-bond acceptors (Lipinski definition) is 3. The molecule has 0 radical (unpaired) electrons. The molecule has 3 nitrogen and oxygen atoms in total. The minimum atomic E-state index is 0.499. The van der Waals surface area contributed by atoms with Crippen LogP contribution < -0.4 is 5.32 Å². The molecule has 2 rings (SSSR count). The third-order valence-electron chi connectivity index (χ3n) is 3.18. The third kappa shape index (κ3) is 2.73. The summed E-state index contributed by atoms with van der Waals surface area (Å²) < 4.78 is 5.53. The van der Waals surface area contributed by atoms with Crippen LogP contribution in [0.15, 0.2) is 18.5 Å². The van der Waals surface area contributed by atoms with Gasteiger partial charge in [0.2, 0.25) is 0 Å². The Kier molecular flexibility index (Phi) is 4.16. The van der Waals surface area contributed by atoms with Crippen molar-refractivity contribution in [2.45, 2.75) is 18.9 Å². The Labute approximate surface area is 101 Å². The Morgan fingerprint density at radius 3 is 3.25 bits per heavy atom. The first-order chi connectivity index (χ1) is 7.81. The summed E-state index contributed by atoms with van der Waals surface area (Å²) >= 11 is 6.11. The zero-order valence-corrected chi connectivity index (χ0v) is 10.2. The largest absolute Gasteiger partial charge is 0.381 e. The number of hydrogen-bond donors (Lipinski definition) is 1. The molecule has 16 heavy (non-hydrogen) atoms. The van der Waals surface area contributed by atoms with Gasteiger partial charge >= 0.3 is 0 Å². The summed E-state index contributed by atoms with van der Waals surface area (Å²) in [6.07, 6.45) is 5.52. The molecule has 1 saturated heterocycles. The first kappa shape index (κ1) is 11.8. The van der Waals surface area contributed by atoms with Crippen LogP contribution in [0.1, 0.15) is 12.0 Å². The van der Waals surface area contributed by atoms with E-state index in [-0.39, 0.29) is 0 Å². The second-order valence-electron chi connectivity index (χ2n) is 4.19. The lowest BCUT2D eigenvalue weighted by atomic mass is 9.90. The molecular formula is C12H17ClN2O. The van der Waals surface area contributed by atoms with E-state index in [4.69, 9.17) is 16.3 Å². The molecule has 0 bridgehead atoms. The van der Waals surface area contributed by atoms with Gasteiger partial charge in [-0.1, -0.05) is 11.6 Å². The van der Waals surface area contributed by atoms with Gasteiger partial charge < -0.3 is 10.1 Å². The van der Waals surface area contributed by atoms with Crippen molar-refractivity contribution in [1.29, 1.82) is 0 Å². The number of rotatable bonds is 3. The van der Waals surface area contributed by atoms with E-state index in [1.54, 1.807) is 12.4 Å². The van der Waals surface area contributed by atoms with Crippen molar-refractivity contribution in [3.05, 3.63) is 29.0 Å². The monoisotopic (exact) mass is 240 g/mol. The van der Waals surface area contributed by atoms with E-state index in [9.17, 15) is 0 Å². The van der Waals surface area contributed by atoms with Crippen molar-refractivity contribution in [2.75, 3.05) is 20.3 Å². The Morgan fingerprint density at radius 1 is 1.62 bits per heavy atom.